The monoisotopic (exact) mass is 541 g/mol. The van der Waals surface area contributed by atoms with E-state index in [0.717, 1.165) is 28.4 Å². The third-order valence-electron chi connectivity index (χ3n) is 4.87. The van der Waals surface area contributed by atoms with Gasteiger partial charge in [-0.15, -0.1) is 11.8 Å². The van der Waals surface area contributed by atoms with Gasteiger partial charge < -0.3 is 4.98 Å². The standard InChI is InChI=1S/C10H13N5O4Se.C8H10N4S/c11-10-13-7-4(8(20)14-10)12-2-15(7)9-6(18)5(17)3(1-16)19-9;1-2-3-13-8-6-7(10-4-9-6)11-5-12-8/h2-3,5-6,9,16-18H,1H2,(H3,11,13,14,20);4-5H,2-3H2,1H3,(H,9,10,11,12)/t3-,5-,6-,9-;/m1./s1. The number of rotatable bonds is 5. The fraction of sp³-hybridized carbons (Fsp3) is 0.444. The first kappa shape index (κ1) is 23.8. The van der Waals surface area contributed by atoms with E-state index in [9.17, 15) is 10.2 Å². The Balaban J connectivity index is 0.000000172. The number of H-pyrrole nitrogens is 2. The first-order chi connectivity index (χ1) is 15.9. The fourth-order valence-electron chi connectivity index (χ4n) is 3.29. The second kappa shape index (κ2) is 10.3. The summed E-state index contributed by atoms with van der Waals surface area (Å²) in [4.78, 5) is 26.4. The second-order valence-corrected chi connectivity index (χ2v) is 9.07. The number of ether oxygens (including phenoxy) is 1. The van der Waals surface area contributed by atoms with E-state index in [0.29, 0.717) is 15.4 Å². The third kappa shape index (κ3) is 4.79. The molecule has 13 nitrogen and oxygen atoms in total. The maximum absolute atomic E-state index is 10.0. The molecule has 4 aromatic heterocycles. The number of hydrogen-bond donors (Lipinski definition) is 6. The first-order valence-electron chi connectivity index (χ1n) is 10.1. The van der Waals surface area contributed by atoms with Crippen LogP contribution in [-0.4, -0.2) is 101 Å². The molecular weight excluding hydrogens is 517 g/mol. The van der Waals surface area contributed by atoms with Crippen molar-refractivity contribution < 1.29 is 20.1 Å². The molecule has 1 aliphatic rings. The molecule has 15 heteroatoms. The summed E-state index contributed by atoms with van der Waals surface area (Å²) in [6, 6.07) is 0. The molecule has 0 aliphatic carbocycles. The number of aromatic amines is 2. The number of thioether (sulfide) groups is 1. The van der Waals surface area contributed by atoms with Crippen molar-refractivity contribution in [2.75, 3.05) is 18.1 Å². The molecule has 0 saturated carbocycles. The summed E-state index contributed by atoms with van der Waals surface area (Å²) in [6.07, 6.45) is 1.67. The molecule has 0 bridgehead atoms. The number of fused-ring (bicyclic) bond motifs is 2. The van der Waals surface area contributed by atoms with E-state index in [-0.39, 0.29) is 5.95 Å². The Bertz CT molecular complexity index is 1290. The van der Waals surface area contributed by atoms with Gasteiger partial charge in [0.05, 0.1) is 6.33 Å². The van der Waals surface area contributed by atoms with E-state index in [1.165, 1.54) is 10.9 Å². The van der Waals surface area contributed by atoms with Crippen molar-refractivity contribution in [1.29, 1.82) is 0 Å². The average Bonchev–Trinajstić information content (AvgIpc) is 3.51. The van der Waals surface area contributed by atoms with Crippen molar-refractivity contribution in [3.05, 3.63) is 23.2 Å². The molecule has 4 atom stereocenters. The molecule has 0 radical (unpaired) electrons. The van der Waals surface area contributed by atoms with Gasteiger partial charge in [0.2, 0.25) is 0 Å². The summed E-state index contributed by atoms with van der Waals surface area (Å²) in [5, 5.41) is 29.9. The van der Waals surface area contributed by atoms with Crippen molar-refractivity contribution in [2.45, 2.75) is 42.9 Å². The molecule has 0 amide bonds. The Labute approximate surface area is 199 Å². The van der Waals surface area contributed by atoms with Crippen molar-refractivity contribution >= 4 is 55.6 Å². The van der Waals surface area contributed by atoms with Crippen molar-refractivity contribution in [3.63, 3.8) is 0 Å². The SMILES string of the molecule is CCCSc1ncnc2nc[nH]c12.Nc1nc2c(ncn2[C@@H]2O[C@H](CO)[C@@H](O)[C@H]2O)c(=[Se])[nH]1. The van der Waals surface area contributed by atoms with Crippen molar-refractivity contribution in [2.24, 2.45) is 0 Å². The zero-order valence-electron chi connectivity index (χ0n) is 17.5. The summed E-state index contributed by atoms with van der Waals surface area (Å²) < 4.78 is 7.52. The van der Waals surface area contributed by atoms with Crippen LogP contribution in [0.25, 0.3) is 22.3 Å². The van der Waals surface area contributed by atoms with E-state index in [4.69, 9.17) is 15.6 Å². The molecular formula is C18H23N9O4SSe. The van der Waals surface area contributed by atoms with E-state index in [1.54, 1.807) is 24.4 Å². The molecule has 176 valence electrons. The zero-order valence-corrected chi connectivity index (χ0v) is 20.0. The number of aliphatic hydroxyl groups excluding tert-OH is 3. The van der Waals surface area contributed by atoms with Crippen molar-refractivity contribution in [1.82, 2.24) is 39.5 Å². The number of nitrogens with zero attached hydrogens (tertiary/aromatic N) is 6. The average molecular weight is 540 g/mol. The van der Waals surface area contributed by atoms with Crippen LogP contribution in [0.1, 0.15) is 19.6 Å². The number of imidazole rings is 2. The quantitative estimate of drug-likeness (QED) is 0.109. The third-order valence-corrected chi connectivity index (χ3v) is 6.69. The van der Waals surface area contributed by atoms with Crippen LogP contribution in [0.2, 0.25) is 0 Å². The second-order valence-electron chi connectivity index (χ2n) is 7.13. The Kier molecular flexibility index (Phi) is 7.38. The predicted octanol–water partition coefficient (Wildman–Crippen LogP) is -0.491. The van der Waals surface area contributed by atoms with Gasteiger partial charge in [0, 0.05) is 0 Å². The normalized spacial score (nSPS) is 22.5. The zero-order chi connectivity index (χ0) is 23.5. The summed E-state index contributed by atoms with van der Waals surface area (Å²) in [6.45, 7) is 1.76. The summed E-state index contributed by atoms with van der Waals surface area (Å²) in [5.74, 6) is 1.25. The molecule has 5 rings (SSSR count). The Hall–Kier alpha value is -2.39. The van der Waals surface area contributed by atoms with Crippen LogP contribution >= 0.6 is 11.8 Å². The van der Waals surface area contributed by atoms with Gasteiger partial charge in [0.1, 0.15) is 16.9 Å². The molecule has 7 N–H and O–H groups in total. The number of hydrogen-bond acceptors (Lipinski definition) is 11. The molecule has 1 aliphatic heterocycles. The van der Waals surface area contributed by atoms with Gasteiger partial charge in [-0.1, -0.05) is 6.92 Å². The van der Waals surface area contributed by atoms with E-state index in [1.807, 2.05) is 0 Å². The molecule has 0 aromatic carbocycles. The van der Waals surface area contributed by atoms with E-state index >= 15 is 0 Å². The van der Waals surface area contributed by atoms with Crippen LogP contribution in [0.3, 0.4) is 0 Å². The minimum absolute atomic E-state index is 0.180. The number of nitrogens with two attached hydrogens (primary N) is 1. The predicted molar refractivity (Wildman–Crippen MR) is 121 cm³/mol. The van der Waals surface area contributed by atoms with Crippen LogP contribution in [0, 0.1) is 4.19 Å². The minimum atomic E-state index is -1.19. The molecule has 0 spiro atoms. The Morgan fingerprint density at radius 1 is 1.24 bits per heavy atom. The number of nitrogens with one attached hydrogen (secondary N) is 2. The van der Waals surface area contributed by atoms with Crippen LogP contribution in [0.5, 0.6) is 0 Å². The van der Waals surface area contributed by atoms with Crippen LogP contribution in [0.15, 0.2) is 24.0 Å². The fourth-order valence-corrected chi connectivity index (χ4v) is 4.63. The number of anilines is 1. The van der Waals surface area contributed by atoms with Gasteiger partial charge in [0.15, 0.2) is 5.65 Å². The maximum atomic E-state index is 10.0. The van der Waals surface area contributed by atoms with Gasteiger partial charge in [-0.05, 0) is 12.2 Å². The van der Waals surface area contributed by atoms with E-state index < -0.39 is 31.1 Å². The van der Waals surface area contributed by atoms with Crippen LogP contribution in [0.4, 0.5) is 5.95 Å². The number of nitrogen functional groups attached to an aromatic ring is 1. The van der Waals surface area contributed by atoms with Gasteiger partial charge >= 0.3 is 120 Å². The molecule has 33 heavy (non-hydrogen) atoms. The van der Waals surface area contributed by atoms with Crippen molar-refractivity contribution in [3.8, 4) is 0 Å². The molecule has 5 heterocycles. The number of aliphatic hydroxyl groups is 3. The molecule has 1 fully saturated rings. The van der Waals surface area contributed by atoms with Crippen LogP contribution < -0.4 is 5.73 Å². The van der Waals surface area contributed by atoms with Gasteiger partial charge in [0.25, 0.3) is 0 Å². The van der Waals surface area contributed by atoms with Gasteiger partial charge in [-0.2, -0.15) is 0 Å². The van der Waals surface area contributed by atoms with E-state index in [2.05, 4.69) is 57.4 Å². The van der Waals surface area contributed by atoms with Gasteiger partial charge in [-0.3, -0.25) is 0 Å². The molecule has 0 unspecified atom stereocenters. The Morgan fingerprint density at radius 2 is 2.06 bits per heavy atom. The van der Waals surface area contributed by atoms with Crippen LogP contribution in [-0.2, 0) is 4.74 Å². The first-order valence-corrected chi connectivity index (χ1v) is 11.9. The molecule has 4 aromatic rings. The Morgan fingerprint density at radius 3 is 2.79 bits per heavy atom. The summed E-state index contributed by atoms with van der Waals surface area (Å²) in [5.41, 5.74) is 8.28. The van der Waals surface area contributed by atoms with Gasteiger partial charge in [-0.25, -0.2) is 15.0 Å². The summed E-state index contributed by atoms with van der Waals surface area (Å²) >= 11 is 4.52. The number of aromatic nitrogens is 8. The summed E-state index contributed by atoms with van der Waals surface area (Å²) in [7, 11) is 0. The topological polar surface area (TPSA) is 197 Å². The molecule has 1 saturated heterocycles.